The van der Waals surface area contributed by atoms with E-state index in [1.54, 1.807) is 11.8 Å². The maximum atomic E-state index is 13.4. The molecule has 8 nitrogen and oxygen atoms in total. The topological polar surface area (TPSA) is 92.6 Å². The zero-order chi connectivity index (χ0) is 22.2. The number of hydrogen-bond donors (Lipinski definition) is 0. The predicted molar refractivity (Wildman–Crippen MR) is 121 cm³/mol. The summed E-state index contributed by atoms with van der Waals surface area (Å²) in [5, 5.41) is 0.118. The number of amides is 1. The van der Waals surface area contributed by atoms with Gasteiger partial charge in [-0.25, -0.2) is 13.4 Å². The lowest BCUT2D eigenvalue weighted by Gasteiger charge is -2.29. The van der Waals surface area contributed by atoms with Gasteiger partial charge in [-0.3, -0.25) is 14.2 Å². The van der Waals surface area contributed by atoms with Crippen molar-refractivity contribution in [2.24, 2.45) is 5.92 Å². The number of aryl methyl sites for hydroxylation is 1. The van der Waals surface area contributed by atoms with Gasteiger partial charge in [0.05, 0.1) is 11.7 Å². The molecule has 170 valence electrons. The molecule has 4 heterocycles. The standard InChI is InChI=1S/C21H30N4O4S2/c1-15-7-11-25(12-8-15)31(28,29)19-16(2)30-20-18(19)21(27)24(14-22-20)13-17(26)23-9-5-3-4-6-10-23/h14-15H,3-13H2,1-2H3. The fraction of sp³-hybridized carbons (Fsp3) is 0.667. The van der Waals surface area contributed by atoms with Crippen LogP contribution in [-0.2, 0) is 21.4 Å². The summed E-state index contributed by atoms with van der Waals surface area (Å²) < 4.78 is 29.6. The summed E-state index contributed by atoms with van der Waals surface area (Å²) in [6, 6.07) is 0. The number of rotatable bonds is 4. The fourth-order valence-electron chi connectivity index (χ4n) is 4.46. The monoisotopic (exact) mass is 466 g/mol. The van der Waals surface area contributed by atoms with E-state index in [1.807, 2.05) is 0 Å². The molecule has 0 saturated carbocycles. The Morgan fingerprint density at radius 2 is 1.77 bits per heavy atom. The Hall–Kier alpha value is -1.78. The number of hydrogen-bond acceptors (Lipinski definition) is 6. The SMILES string of the molecule is Cc1sc2ncn(CC(=O)N3CCCCCC3)c(=O)c2c1S(=O)(=O)N1CCC(C)CC1. The minimum absolute atomic E-state index is 0.0659. The highest BCUT2D eigenvalue weighted by Crippen LogP contribution is 2.34. The molecule has 31 heavy (non-hydrogen) atoms. The van der Waals surface area contributed by atoms with Crippen molar-refractivity contribution < 1.29 is 13.2 Å². The van der Waals surface area contributed by atoms with Crippen LogP contribution in [0.5, 0.6) is 0 Å². The molecule has 10 heteroatoms. The zero-order valence-corrected chi connectivity index (χ0v) is 19.8. The quantitative estimate of drug-likeness (QED) is 0.691. The van der Waals surface area contributed by atoms with Gasteiger partial charge in [0.25, 0.3) is 5.56 Å². The van der Waals surface area contributed by atoms with E-state index in [0.717, 1.165) is 38.5 Å². The highest BCUT2D eigenvalue weighted by Gasteiger charge is 2.33. The van der Waals surface area contributed by atoms with Gasteiger partial charge >= 0.3 is 0 Å². The summed E-state index contributed by atoms with van der Waals surface area (Å²) in [5.41, 5.74) is -0.457. The third-order valence-corrected chi connectivity index (χ3v) is 9.62. The van der Waals surface area contributed by atoms with Crippen LogP contribution in [-0.4, -0.2) is 59.3 Å². The molecule has 0 atom stereocenters. The van der Waals surface area contributed by atoms with E-state index in [-0.39, 0.29) is 22.7 Å². The van der Waals surface area contributed by atoms with Gasteiger partial charge in [-0.15, -0.1) is 11.3 Å². The summed E-state index contributed by atoms with van der Waals surface area (Å²) in [6.45, 7) is 6.06. The van der Waals surface area contributed by atoms with Crippen molar-refractivity contribution >= 4 is 37.5 Å². The molecule has 2 saturated heterocycles. The lowest BCUT2D eigenvalue weighted by atomic mass is 10.0. The Kier molecular flexibility index (Phi) is 6.50. The smallest absolute Gasteiger partial charge is 0.263 e. The molecule has 1 amide bonds. The van der Waals surface area contributed by atoms with Crippen molar-refractivity contribution in [3.8, 4) is 0 Å². The number of sulfonamides is 1. The molecule has 0 aromatic carbocycles. The molecule has 0 spiro atoms. The van der Waals surface area contributed by atoms with Crippen molar-refractivity contribution in [2.75, 3.05) is 26.2 Å². The van der Waals surface area contributed by atoms with Crippen molar-refractivity contribution in [3.05, 3.63) is 21.6 Å². The Bertz CT molecular complexity index is 1120. The van der Waals surface area contributed by atoms with Crippen LogP contribution in [0.25, 0.3) is 10.2 Å². The first-order valence-corrected chi connectivity index (χ1v) is 13.3. The summed E-state index contributed by atoms with van der Waals surface area (Å²) in [4.78, 5) is 33.3. The van der Waals surface area contributed by atoms with Gasteiger partial charge in [0.1, 0.15) is 16.3 Å². The first-order chi connectivity index (χ1) is 14.8. The van der Waals surface area contributed by atoms with Crippen molar-refractivity contribution in [2.45, 2.75) is 63.8 Å². The molecular formula is C21H30N4O4S2. The third-order valence-electron chi connectivity index (χ3n) is 6.40. The summed E-state index contributed by atoms with van der Waals surface area (Å²) in [6.07, 6.45) is 7.16. The second-order valence-corrected chi connectivity index (χ2v) is 11.8. The van der Waals surface area contributed by atoms with Crippen molar-refractivity contribution in [1.82, 2.24) is 18.8 Å². The predicted octanol–water partition coefficient (Wildman–Crippen LogP) is 2.59. The number of fused-ring (bicyclic) bond motifs is 1. The molecule has 0 N–H and O–H groups in total. The summed E-state index contributed by atoms with van der Waals surface area (Å²) >= 11 is 1.22. The van der Waals surface area contributed by atoms with Gasteiger partial charge < -0.3 is 4.90 Å². The van der Waals surface area contributed by atoms with E-state index < -0.39 is 15.6 Å². The van der Waals surface area contributed by atoms with Crippen molar-refractivity contribution in [3.63, 3.8) is 0 Å². The maximum Gasteiger partial charge on any atom is 0.263 e. The molecule has 2 aromatic heterocycles. The Balaban J connectivity index is 1.69. The maximum absolute atomic E-state index is 13.4. The highest BCUT2D eigenvalue weighted by molar-refractivity contribution is 7.89. The van der Waals surface area contributed by atoms with Gasteiger partial charge in [-0.2, -0.15) is 4.31 Å². The summed E-state index contributed by atoms with van der Waals surface area (Å²) in [5.74, 6) is 0.377. The summed E-state index contributed by atoms with van der Waals surface area (Å²) in [7, 11) is -3.80. The Morgan fingerprint density at radius 1 is 1.13 bits per heavy atom. The van der Waals surface area contributed by atoms with Crippen LogP contribution in [0.2, 0.25) is 0 Å². The minimum atomic E-state index is -3.80. The largest absolute Gasteiger partial charge is 0.341 e. The second kappa shape index (κ2) is 8.99. The molecule has 0 bridgehead atoms. The first kappa shape index (κ1) is 22.4. The van der Waals surface area contributed by atoms with E-state index in [2.05, 4.69) is 11.9 Å². The van der Waals surface area contributed by atoms with E-state index >= 15 is 0 Å². The van der Waals surface area contributed by atoms with Crippen LogP contribution in [0.15, 0.2) is 16.0 Å². The number of nitrogens with zero attached hydrogens (tertiary/aromatic N) is 4. The van der Waals surface area contributed by atoms with Gasteiger partial charge in [-0.1, -0.05) is 19.8 Å². The average molecular weight is 467 g/mol. The number of aromatic nitrogens is 2. The number of carbonyl (C=O) groups excluding carboxylic acids is 1. The van der Waals surface area contributed by atoms with Crippen LogP contribution in [0.1, 0.15) is 50.3 Å². The van der Waals surface area contributed by atoms with Crippen LogP contribution >= 0.6 is 11.3 Å². The molecular weight excluding hydrogens is 436 g/mol. The molecule has 2 aliphatic heterocycles. The molecule has 4 rings (SSSR count). The van der Waals surface area contributed by atoms with Gasteiger partial charge in [0.15, 0.2) is 0 Å². The van der Waals surface area contributed by atoms with Crippen LogP contribution in [0.4, 0.5) is 0 Å². The van der Waals surface area contributed by atoms with E-state index in [4.69, 9.17) is 0 Å². The number of carbonyl (C=O) groups is 1. The highest BCUT2D eigenvalue weighted by atomic mass is 32.2. The van der Waals surface area contributed by atoms with E-state index in [1.165, 1.54) is 26.5 Å². The molecule has 0 radical (unpaired) electrons. The Morgan fingerprint density at radius 3 is 2.42 bits per heavy atom. The molecule has 2 fully saturated rings. The molecule has 0 aliphatic carbocycles. The minimum Gasteiger partial charge on any atom is -0.341 e. The van der Waals surface area contributed by atoms with Crippen LogP contribution in [0.3, 0.4) is 0 Å². The third kappa shape index (κ3) is 4.42. The van der Waals surface area contributed by atoms with Crippen molar-refractivity contribution in [1.29, 1.82) is 0 Å². The van der Waals surface area contributed by atoms with Gasteiger partial charge in [0, 0.05) is 31.1 Å². The fourth-order valence-corrected chi connectivity index (χ4v) is 7.59. The van der Waals surface area contributed by atoms with E-state index in [0.29, 0.717) is 41.8 Å². The number of thiophene rings is 1. The normalized spacial score (nSPS) is 19.6. The van der Waals surface area contributed by atoms with Crippen LogP contribution in [0, 0.1) is 12.8 Å². The first-order valence-electron chi connectivity index (χ1n) is 11.1. The van der Waals surface area contributed by atoms with Crippen LogP contribution < -0.4 is 5.56 Å². The number of piperidine rings is 1. The molecule has 2 aliphatic rings. The van der Waals surface area contributed by atoms with Gasteiger partial charge in [0.2, 0.25) is 15.9 Å². The Labute approximate surface area is 186 Å². The number of likely N-dealkylation sites (tertiary alicyclic amines) is 1. The average Bonchev–Trinajstić information content (AvgIpc) is 2.90. The zero-order valence-electron chi connectivity index (χ0n) is 18.2. The van der Waals surface area contributed by atoms with E-state index in [9.17, 15) is 18.0 Å². The molecule has 2 aromatic rings. The lowest BCUT2D eigenvalue weighted by molar-refractivity contribution is -0.131. The lowest BCUT2D eigenvalue weighted by Crippen LogP contribution is -2.39. The van der Waals surface area contributed by atoms with Gasteiger partial charge in [-0.05, 0) is 38.5 Å². The second-order valence-electron chi connectivity index (χ2n) is 8.73. The molecule has 0 unspecified atom stereocenters.